The van der Waals surface area contributed by atoms with Crippen LogP contribution in [0, 0.1) is 0 Å². The van der Waals surface area contributed by atoms with Crippen LogP contribution in [0.4, 0.5) is 16.2 Å². The van der Waals surface area contributed by atoms with E-state index < -0.39 is 0 Å². The number of anilines is 2. The summed E-state index contributed by atoms with van der Waals surface area (Å²) in [5, 5.41) is 5.82. The molecule has 2 aromatic carbocycles. The van der Waals surface area contributed by atoms with Gasteiger partial charge in [0, 0.05) is 55.2 Å². The maximum absolute atomic E-state index is 13.0. The van der Waals surface area contributed by atoms with Gasteiger partial charge in [0.25, 0.3) is 5.91 Å². The molecule has 1 heterocycles. The molecule has 36 heavy (non-hydrogen) atoms. The zero-order valence-electron chi connectivity index (χ0n) is 21.8. The number of nitrogens with one attached hydrogen (secondary N) is 2. The molecule has 4 amide bonds. The van der Waals surface area contributed by atoms with Gasteiger partial charge in [-0.25, -0.2) is 4.79 Å². The van der Waals surface area contributed by atoms with E-state index in [1.54, 1.807) is 36.3 Å². The predicted octanol–water partition coefficient (Wildman–Crippen LogP) is 3.42. The van der Waals surface area contributed by atoms with E-state index in [0.717, 1.165) is 18.8 Å². The molecule has 0 aromatic heterocycles. The van der Waals surface area contributed by atoms with Crippen molar-refractivity contribution in [2.24, 2.45) is 0 Å². The monoisotopic (exact) mass is 495 g/mol. The number of methoxy groups -OCH3 is 1. The predicted molar refractivity (Wildman–Crippen MR) is 142 cm³/mol. The van der Waals surface area contributed by atoms with E-state index in [9.17, 15) is 14.4 Å². The van der Waals surface area contributed by atoms with Gasteiger partial charge in [0.1, 0.15) is 12.3 Å². The molecular formula is C27H37N5O4. The van der Waals surface area contributed by atoms with Crippen molar-refractivity contribution in [3.8, 4) is 5.75 Å². The number of ether oxygens (including phenoxy) is 1. The second-order valence-corrected chi connectivity index (χ2v) is 9.43. The summed E-state index contributed by atoms with van der Waals surface area (Å²) >= 11 is 0. The van der Waals surface area contributed by atoms with E-state index in [4.69, 9.17) is 4.74 Å². The molecule has 1 saturated heterocycles. The number of hydrogen-bond acceptors (Lipinski definition) is 5. The Bertz CT molecular complexity index is 1030. The standard InChI is InChI=1S/C27H37N5O4/c1-19(2)28-27(35)31-16-14-30(15-17-31)23-10-8-22(9-11-23)29-25(33)18-32(20(3)4)26(34)21-6-12-24(36-5)13-7-21/h6-13,19-20H,14-18H2,1-5H3,(H,28,35)(H,29,33). The summed E-state index contributed by atoms with van der Waals surface area (Å²) in [6, 6.07) is 14.4. The van der Waals surface area contributed by atoms with Crippen LogP contribution in [-0.4, -0.2) is 79.6 Å². The fraction of sp³-hybridized carbons (Fsp3) is 0.444. The third kappa shape index (κ3) is 7.13. The molecule has 3 rings (SSSR count). The first-order chi connectivity index (χ1) is 17.2. The van der Waals surface area contributed by atoms with Crippen LogP contribution in [0.1, 0.15) is 38.1 Å². The van der Waals surface area contributed by atoms with Gasteiger partial charge < -0.3 is 30.1 Å². The Morgan fingerprint density at radius 3 is 2.06 bits per heavy atom. The summed E-state index contributed by atoms with van der Waals surface area (Å²) in [6.45, 7) is 10.4. The topological polar surface area (TPSA) is 94.2 Å². The third-order valence-electron chi connectivity index (χ3n) is 6.03. The number of piperazine rings is 1. The minimum atomic E-state index is -0.261. The highest BCUT2D eigenvalue weighted by atomic mass is 16.5. The van der Waals surface area contributed by atoms with E-state index in [0.29, 0.717) is 30.1 Å². The molecule has 0 unspecified atom stereocenters. The van der Waals surface area contributed by atoms with Gasteiger partial charge in [-0.3, -0.25) is 9.59 Å². The molecule has 9 heteroatoms. The lowest BCUT2D eigenvalue weighted by molar-refractivity contribution is -0.117. The van der Waals surface area contributed by atoms with Crippen molar-refractivity contribution in [2.75, 3.05) is 50.1 Å². The van der Waals surface area contributed by atoms with Crippen LogP contribution >= 0.6 is 0 Å². The fourth-order valence-corrected chi connectivity index (χ4v) is 4.01. The Balaban J connectivity index is 1.54. The van der Waals surface area contributed by atoms with Crippen LogP contribution in [0.5, 0.6) is 5.75 Å². The average Bonchev–Trinajstić information content (AvgIpc) is 2.87. The zero-order chi connectivity index (χ0) is 26.2. The third-order valence-corrected chi connectivity index (χ3v) is 6.03. The zero-order valence-corrected chi connectivity index (χ0v) is 21.8. The van der Waals surface area contributed by atoms with Gasteiger partial charge >= 0.3 is 6.03 Å². The number of nitrogens with zero attached hydrogens (tertiary/aromatic N) is 3. The Morgan fingerprint density at radius 1 is 0.917 bits per heavy atom. The summed E-state index contributed by atoms with van der Waals surface area (Å²) in [5.41, 5.74) is 2.21. The molecule has 2 aromatic rings. The molecule has 9 nitrogen and oxygen atoms in total. The highest BCUT2D eigenvalue weighted by molar-refractivity contribution is 5.99. The average molecular weight is 496 g/mol. The van der Waals surface area contributed by atoms with Crippen LogP contribution in [0.25, 0.3) is 0 Å². The van der Waals surface area contributed by atoms with Gasteiger partial charge in [0.2, 0.25) is 5.91 Å². The number of hydrogen-bond donors (Lipinski definition) is 2. The van der Waals surface area contributed by atoms with Gasteiger partial charge in [-0.15, -0.1) is 0 Å². The van der Waals surface area contributed by atoms with Crippen LogP contribution in [0.3, 0.4) is 0 Å². The molecule has 0 saturated carbocycles. The highest BCUT2D eigenvalue weighted by Gasteiger charge is 2.23. The number of urea groups is 1. The van der Waals surface area contributed by atoms with Crippen molar-refractivity contribution >= 4 is 29.2 Å². The second kappa shape index (κ2) is 12.3. The lowest BCUT2D eigenvalue weighted by atomic mass is 10.1. The maximum Gasteiger partial charge on any atom is 0.317 e. The van der Waals surface area contributed by atoms with Crippen molar-refractivity contribution in [3.05, 3.63) is 54.1 Å². The molecule has 0 radical (unpaired) electrons. The van der Waals surface area contributed by atoms with Gasteiger partial charge in [-0.05, 0) is 76.2 Å². The molecule has 0 atom stereocenters. The van der Waals surface area contributed by atoms with E-state index >= 15 is 0 Å². The van der Waals surface area contributed by atoms with Crippen molar-refractivity contribution in [2.45, 2.75) is 39.8 Å². The van der Waals surface area contributed by atoms with Crippen LogP contribution in [0.2, 0.25) is 0 Å². The first kappa shape index (κ1) is 26.8. The summed E-state index contributed by atoms with van der Waals surface area (Å²) < 4.78 is 5.15. The summed E-state index contributed by atoms with van der Waals surface area (Å²) in [7, 11) is 1.57. The first-order valence-corrected chi connectivity index (χ1v) is 12.3. The van der Waals surface area contributed by atoms with E-state index in [2.05, 4.69) is 15.5 Å². The number of rotatable bonds is 8. The normalized spacial score (nSPS) is 13.5. The maximum atomic E-state index is 13.0. The number of amides is 4. The molecule has 0 bridgehead atoms. The number of carbonyl (C=O) groups excluding carboxylic acids is 3. The molecular weight excluding hydrogens is 458 g/mol. The number of carbonyl (C=O) groups is 3. The van der Waals surface area contributed by atoms with E-state index in [1.807, 2.05) is 56.9 Å². The molecule has 1 aliphatic heterocycles. The fourth-order valence-electron chi connectivity index (χ4n) is 4.01. The molecule has 194 valence electrons. The molecule has 0 spiro atoms. The van der Waals surface area contributed by atoms with Crippen molar-refractivity contribution < 1.29 is 19.1 Å². The summed E-state index contributed by atoms with van der Waals surface area (Å²) in [6.07, 6.45) is 0. The minimum absolute atomic E-state index is 0.0244. The van der Waals surface area contributed by atoms with Crippen molar-refractivity contribution in [1.82, 2.24) is 15.1 Å². The van der Waals surface area contributed by atoms with E-state index in [1.165, 1.54) is 0 Å². The SMILES string of the molecule is COc1ccc(C(=O)N(CC(=O)Nc2ccc(N3CCN(C(=O)NC(C)C)CC3)cc2)C(C)C)cc1. The molecule has 1 aliphatic rings. The summed E-state index contributed by atoms with van der Waals surface area (Å²) in [4.78, 5) is 43.5. The Kier molecular flexibility index (Phi) is 9.16. The van der Waals surface area contributed by atoms with Crippen molar-refractivity contribution in [1.29, 1.82) is 0 Å². The Hall–Kier alpha value is -3.75. The minimum Gasteiger partial charge on any atom is -0.497 e. The van der Waals surface area contributed by atoms with E-state index in [-0.39, 0.29) is 36.5 Å². The number of benzene rings is 2. The van der Waals surface area contributed by atoms with Crippen LogP contribution < -0.4 is 20.3 Å². The molecule has 0 aliphatic carbocycles. The smallest absolute Gasteiger partial charge is 0.317 e. The molecule has 1 fully saturated rings. The lowest BCUT2D eigenvalue weighted by Crippen LogP contribution is -2.52. The van der Waals surface area contributed by atoms with Crippen LogP contribution in [0.15, 0.2) is 48.5 Å². The second-order valence-electron chi connectivity index (χ2n) is 9.43. The van der Waals surface area contributed by atoms with Gasteiger partial charge in [0.05, 0.1) is 7.11 Å². The highest BCUT2D eigenvalue weighted by Crippen LogP contribution is 2.20. The lowest BCUT2D eigenvalue weighted by Gasteiger charge is -2.36. The molecule has 2 N–H and O–H groups in total. The first-order valence-electron chi connectivity index (χ1n) is 12.3. The summed E-state index contributed by atoms with van der Waals surface area (Å²) in [5.74, 6) is 0.199. The largest absolute Gasteiger partial charge is 0.497 e. The quantitative estimate of drug-likeness (QED) is 0.585. The van der Waals surface area contributed by atoms with Gasteiger partial charge in [-0.1, -0.05) is 0 Å². The van der Waals surface area contributed by atoms with Gasteiger partial charge in [0.15, 0.2) is 0 Å². The Morgan fingerprint density at radius 2 is 1.53 bits per heavy atom. The van der Waals surface area contributed by atoms with Crippen molar-refractivity contribution in [3.63, 3.8) is 0 Å². The Labute approximate surface area is 213 Å². The van der Waals surface area contributed by atoms with Crippen LogP contribution in [-0.2, 0) is 4.79 Å². The van der Waals surface area contributed by atoms with Gasteiger partial charge in [-0.2, -0.15) is 0 Å².